The van der Waals surface area contributed by atoms with Gasteiger partial charge in [-0.15, -0.1) is 0 Å². The summed E-state index contributed by atoms with van der Waals surface area (Å²) >= 11 is 0. The molecule has 1 aliphatic heterocycles. The van der Waals surface area contributed by atoms with E-state index >= 15 is 0 Å². The van der Waals surface area contributed by atoms with Crippen LogP contribution in [0.15, 0.2) is 24.8 Å². The molecule has 0 spiro atoms. The Morgan fingerprint density at radius 1 is 1.47 bits per heavy atom. The Morgan fingerprint density at radius 2 is 2.16 bits per heavy atom. The molecule has 6 heteroatoms. The van der Waals surface area contributed by atoms with E-state index in [1.54, 1.807) is 12.1 Å². The zero-order valence-electron chi connectivity index (χ0n) is 10.8. The average Bonchev–Trinajstić information content (AvgIpc) is 2.46. The summed E-state index contributed by atoms with van der Waals surface area (Å²) in [6.07, 6.45) is 0. The van der Waals surface area contributed by atoms with E-state index in [1.165, 1.54) is 13.2 Å². The number of morpholine rings is 1. The number of nitro groups is 1. The molecule has 102 valence electrons. The number of rotatable bonds is 4. The summed E-state index contributed by atoms with van der Waals surface area (Å²) in [5.41, 5.74) is 1.61. The molecule has 0 aliphatic carbocycles. The fourth-order valence-electron chi connectivity index (χ4n) is 2.02. The van der Waals surface area contributed by atoms with Crippen LogP contribution in [0.5, 0.6) is 5.75 Å². The maximum Gasteiger partial charge on any atom is 0.310 e. The van der Waals surface area contributed by atoms with E-state index in [1.807, 2.05) is 0 Å². The van der Waals surface area contributed by atoms with Crippen LogP contribution in [-0.4, -0.2) is 43.2 Å². The molecule has 0 saturated carbocycles. The van der Waals surface area contributed by atoms with Gasteiger partial charge in [0.2, 0.25) is 0 Å². The summed E-state index contributed by atoms with van der Waals surface area (Å²) in [7, 11) is 1.42. The third-order valence-corrected chi connectivity index (χ3v) is 3.10. The Kier molecular flexibility index (Phi) is 4.01. The van der Waals surface area contributed by atoms with Crippen molar-refractivity contribution < 1.29 is 14.4 Å². The normalized spacial score (nSPS) is 15.1. The van der Waals surface area contributed by atoms with E-state index in [-0.39, 0.29) is 11.4 Å². The minimum absolute atomic E-state index is 0.0407. The quantitative estimate of drug-likeness (QED) is 0.614. The summed E-state index contributed by atoms with van der Waals surface area (Å²) in [5.74, 6) is 0.247. The van der Waals surface area contributed by atoms with Crippen LogP contribution >= 0.6 is 0 Å². The Bertz CT molecular complexity index is 495. The highest BCUT2D eigenvalue weighted by molar-refractivity contribution is 5.66. The van der Waals surface area contributed by atoms with Gasteiger partial charge in [0, 0.05) is 30.4 Å². The SMILES string of the molecule is C=C(c1ccc([N+](=O)[O-])c(OC)c1)N1CCOCC1. The van der Waals surface area contributed by atoms with E-state index in [9.17, 15) is 10.1 Å². The Hall–Kier alpha value is -2.08. The molecule has 0 aromatic heterocycles. The summed E-state index contributed by atoms with van der Waals surface area (Å²) < 4.78 is 10.3. The molecular formula is C13H16N2O4. The molecule has 0 bridgehead atoms. The van der Waals surface area contributed by atoms with E-state index in [0.717, 1.165) is 24.4 Å². The van der Waals surface area contributed by atoms with Crippen molar-refractivity contribution in [3.8, 4) is 5.75 Å². The number of methoxy groups -OCH3 is 1. The molecule has 0 radical (unpaired) electrons. The average molecular weight is 264 g/mol. The maximum absolute atomic E-state index is 10.8. The van der Waals surface area contributed by atoms with E-state index < -0.39 is 4.92 Å². The number of hydrogen-bond donors (Lipinski definition) is 0. The lowest BCUT2D eigenvalue weighted by Crippen LogP contribution is -2.34. The molecule has 6 nitrogen and oxygen atoms in total. The van der Waals surface area contributed by atoms with Crippen molar-refractivity contribution in [1.29, 1.82) is 0 Å². The van der Waals surface area contributed by atoms with Crippen LogP contribution in [0.25, 0.3) is 5.70 Å². The van der Waals surface area contributed by atoms with Crippen molar-refractivity contribution in [3.63, 3.8) is 0 Å². The molecular weight excluding hydrogens is 248 g/mol. The van der Waals surface area contributed by atoms with Gasteiger partial charge in [-0.2, -0.15) is 0 Å². The highest BCUT2D eigenvalue weighted by atomic mass is 16.6. The monoisotopic (exact) mass is 264 g/mol. The van der Waals surface area contributed by atoms with Crippen LogP contribution < -0.4 is 4.74 Å². The van der Waals surface area contributed by atoms with Gasteiger partial charge >= 0.3 is 5.69 Å². The second-order valence-corrected chi connectivity index (χ2v) is 4.19. The van der Waals surface area contributed by atoms with E-state index in [2.05, 4.69) is 11.5 Å². The lowest BCUT2D eigenvalue weighted by Gasteiger charge is -2.30. The second-order valence-electron chi connectivity index (χ2n) is 4.19. The Labute approximate surface area is 111 Å². The lowest BCUT2D eigenvalue weighted by molar-refractivity contribution is -0.385. The highest BCUT2D eigenvalue weighted by Gasteiger charge is 2.18. The molecule has 1 saturated heterocycles. The lowest BCUT2D eigenvalue weighted by atomic mass is 10.1. The molecule has 1 aromatic rings. The molecule has 1 aliphatic rings. The molecule has 1 heterocycles. The number of benzene rings is 1. The maximum atomic E-state index is 10.8. The standard InChI is InChI=1S/C13H16N2O4/c1-10(14-5-7-19-8-6-14)11-3-4-12(15(16)17)13(9-11)18-2/h3-4,9H,1,5-8H2,2H3. The summed E-state index contributed by atoms with van der Waals surface area (Å²) in [5, 5.41) is 10.8. The van der Waals surface area contributed by atoms with Crippen LogP contribution in [-0.2, 0) is 4.74 Å². The van der Waals surface area contributed by atoms with Crippen LogP contribution in [0.3, 0.4) is 0 Å². The van der Waals surface area contributed by atoms with Gasteiger partial charge in [-0.05, 0) is 12.1 Å². The van der Waals surface area contributed by atoms with Crippen LogP contribution in [0.1, 0.15) is 5.56 Å². The minimum atomic E-state index is -0.458. The van der Waals surface area contributed by atoms with Crippen LogP contribution in [0, 0.1) is 10.1 Å². The first kappa shape index (κ1) is 13.4. The molecule has 0 N–H and O–H groups in total. The number of nitro benzene ring substituents is 1. The predicted molar refractivity (Wildman–Crippen MR) is 71.1 cm³/mol. The van der Waals surface area contributed by atoms with Gasteiger partial charge in [0.05, 0.1) is 25.2 Å². The number of ether oxygens (including phenoxy) is 2. The van der Waals surface area contributed by atoms with E-state index in [0.29, 0.717) is 13.2 Å². The molecule has 1 aromatic carbocycles. The van der Waals surface area contributed by atoms with Crippen molar-refractivity contribution >= 4 is 11.4 Å². The van der Waals surface area contributed by atoms with Gasteiger partial charge in [-0.25, -0.2) is 0 Å². The van der Waals surface area contributed by atoms with E-state index in [4.69, 9.17) is 9.47 Å². The number of nitrogens with zero attached hydrogens (tertiary/aromatic N) is 2. The second kappa shape index (κ2) is 5.71. The van der Waals surface area contributed by atoms with Gasteiger partial charge in [0.25, 0.3) is 0 Å². The zero-order valence-corrected chi connectivity index (χ0v) is 10.8. The molecule has 0 amide bonds. The summed E-state index contributed by atoms with van der Waals surface area (Å²) in [4.78, 5) is 12.5. The molecule has 1 fully saturated rings. The van der Waals surface area contributed by atoms with Gasteiger partial charge in [0.15, 0.2) is 5.75 Å². The first-order valence-electron chi connectivity index (χ1n) is 5.98. The summed E-state index contributed by atoms with van der Waals surface area (Å²) in [6, 6.07) is 4.79. The summed E-state index contributed by atoms with van der Waals surface area (Å²) in [6.45, 7) is 6.93. The largest absolute Gasteiger partial charge is 0.490 e. The van der Waals surface area contributed by atoms with Crippen molar-refractivity contribution in [1.82, 2.24) is 4.90 Å². The Morgan fingerprint density at radius 3 is 2.74 bits per heavy atom. The van der Waals surface area contributed by atoms with Crippen molar-refractivity contribution in [2.45, 2.75) is 0 Å². The fraction of sp³-hybridized carbons (Fsp3) is 0.385. The number of hydrogen-bond acceptors (Lipinski definition) is 5. The minimum Gasteiger partial charge on any atom is -0.490 e. The Balaban J connectivity index is 2.24. The third-order valence-electron chi connectivity index (χ3n) is 3.10. The van der Waals surface area contributed by atoms with Crippen molar-refractivity contribution in [2.75, 3.05) is 33.4 Å². The topological polar surface area (TPSA) is 64.8 Å². The zero-order chi connectivity index (χ0) is 13.8. The van der Waals surface area contributed by atoms with Crippen molar-refractivity contribution in [2.24, 2.45) is 0 Å². The van der Waals surface area contributed by atoms with Gasteiger partial charge < -0.3 is 14.4 Å². The predicted octanol–water partition coefficient (Wildman–Crippen LogP) is 1.91. The third kappa shape index (κ3) is 2.85. The molecule has 0 atom stereocenters. The van der Waals surface area contributed by atoms with Gasteiger partial charge in [0.1, 0.15) is 0 Å². The van der Waals surface area contributed by atoms with Gasteiger partial charge in [-0.3, -0.25) is 10.1 Å². The molecule has 0 unspecified atom stereocenters. The van der Waals surface area contributed by atoms with Crippen LogP contribution in [0.4, 0.5) is 5.69 Å². The first-order valence-corrected chi connectivity index (χ1v) is 5.98. The van der Waals surface area contributed by atoms with Crippen molar-refractivity contribution in [3.05, 3.63) is 40.5 Å². The highest BCUT2D eigenvalue weighted by Crippen LogP contribution is 2.30. The molecule has 2 rings (SSSR count). The fourth-order valence-corrected chi connectivity index (χ4v) is 2.02. The smallest absolute Gasteiger partial charge is 0.310 e. The van der Waals surface area contributed by atoms with Gasteiger partial charge in [-0.1, -0.05) is 6.58 Å². The molecule has 19 heavy (non-hydrogen) atoms. The first-order chi connectivity index (χ1) is 9.13. The van der Waals surface area contributed by atoms with Crippen LogP contribution in [0.2, 0.25) is 0 Å².